The molecule has 3 atom stereocenters. The Morgan fingerprint density at radius 1 is 1.44 bits per heavy atom. The van der Waals surface area contributed by atoms with E-state index in [0.717, 1.165) is 9.39 Å². The SMILES string of the molecule is CC(C)C12CC13CCC2c1cccc(NC(=O)c2cn(C)nc2I)c13. The molecule has 0 spiro atoms. The largest absolute Gasteiger partial charge is 0.322 e. The number of hydrogen-bond acceptors (Lipinski definition) is 2. The van der Waals surface area contributed by atoms with Gasteiger partial charge in [0.1, 0.15) is 3.70 Å². The summed E-state index contributed by atoms with van der Waals surface area (Å²) in [7, 11) is 1.85. The first-order valence-electron chi connectivity index (χ1n) is 9.04. The van der Waals surface area contributed by atoms with E-state index in [1.165, 1.54) is 30.4 Å². The standard InChI is InChI=1S/C20H22IN3O/c1-11(2)20-10-19(20)8-7-14(20)12-5-4-6-15(16(12)19)22-18(25)13-9-24(3)23-17(13)21/h4-6,9,11,14H,7-8,10H2,1-3H3,(H,22,25). The van der Waals surface area contributed by atoms with Crippen molar-refractivity contribution in [3.05, 3.63) is 44.8 Å². The number of carbonyl (C=O) groups excluding carboxylic acids is 1. The molecule has 130 valence electrons. The van der Waals surface area contributed by atoms with Crippen molar-refractivity contribution in [2.45, 2.75) is 44.4 Å². The highest BCUT2D eigenvalue weighted by atomic mass is 127. The second-order valence-corrected chi connectivity index (χ2v) is 9.30. The van der Waals surface area contributed by atoms with Crippen LogP contribution < -0.4 is 5.32 Å². The number of rotatable bonds is 3. The number of aromatic nitrogens is 2. The van der Waals surface area contributed by atoms with E-state index in [-0.39, 0.29) is 5.91 Å². The molecule has 1 amide bonds. The molecule has 0 saturated heterocycles. The second kappa shape index (κ2) is 4.87. The molecule has 2 aromatic rings. The van der Waals surface area contributed by atoms with Crippen LogP contribution in [-0.4, -0.2) is 15.7 Å². The highest BCUT2D eigenvalue weighted by Gasteiger charge is 2.80. The molecule has 0 aliphatic heterocycles. The second-order valence-electron chi connectivity index (χ2n) is 8.28. The molecule has 3 aliphatic rings. The average molecular weight is 447 g/mol. The van der Waals surface area contributed by atoms with Crippen molar-refractivity contribution in [1.82, 2.24) is 9.78 Å². The average Bonchev–Trinajstić information content (AvgIpc) is 2.82. The Morgan fingerprint density at radius 2 is 2.24 bits per heavy atom. The third kappa shape index (κ3) is 1.78. The van der Waals surface area contributed by atoms with Crippen LogP contribution in [0.5, 0.6) is 0 Å². The molecule has 1 heterocycles. The van der Waals surface area contributed by atoms with Gasteiger partial charge in [-0.2, -0.15) is 5.10 Å². The van der Waals surface area contributed by atoms with Gasteiger partial charge in [0, 0.05) is 24.3 Å². The Balaban J connectivity index is 1.55. The fourth-order valence-electron chi connectivity index (χ4n) is 6.22. The van der Waals surface area contributed by atoms with Crippen LogP contribution in [0.25, 0.3) is 0 Å². The Bertz CT molecular complexity index is 918. The van der Waals surface area contributed by atoms with E-state index in [4.69, 9.17) is 0 Å². The zero-order valence-electron chi connectivity index (χ0n) is 14.8. The molecular weight excluding hydrogens is 425 g/mol. The smallest absolute Gasteiger partial charge is 0.259 e. The number of nitrogens with zero attached hydrogens (tertiary/aromatic N) is 2. The lowest BCUT2D eigenvalue weighted by molar-refractivity contribution is 0.102. The molecule has 3 aliphatic carbocycles. The minimum Gasteiger partial charge on any atom is -0.322 e. The molecule has 3 unspecified atom stereocenters. The molecule has 2 bridgehead atoms. The first-order chi connectivity index (χ1) is 11.9. The molecular formula is C20H22IN3O. The Hall–Kier alpha value is -1.37. The van der Waals surface area contributed by atoms with Crippen LogP contribution in [0.4, 0.5) is 5.69 Å². The summed E-state index contributed by atoms with van der Waals surface area (Å²) in [6.07, 6.45) is 5.68. The van der Waals surface area contributed by atoms with Crippen molar-refractivity contribution < 1.29 is 4.79 Å². The number of halogens is 1. The molecule has 2 saturated carbocycles. The summed E-state index contributed by atoms with van der Waals surface area (Å²) in [5, 5.41) is 7.49. The summed E-state index contributed by atoms with van der Waals surface area (Å²) in [6.45, 7) is 4.75. The van der Waals surface area contributed by atoms with Crippen molar-refractivity contribution >= 4 is 34.2 Å². The summed E-state index contributed by atoms with van der Waals surface area (Å²) in [4.78, 5) is 12.8. The Morgan fingerprint density at radius 3 is 2.92 bits per heavy atom. The van der Waals surface area contributed by atoms with E-state index in [1.54, 1.807) is 10.9 Å². The molecule has 1 aromatic heterocycles. The van der Waals surface area contributed by atoms with E-state index >= 15 is 0 Å². The number of amides is 1. The van der Waals surface area contributed by atoms with Crippen molar-refractivity contribution in [2.75, 3.05) is 5.32 Å². The minimum absolute atomic E-state index is 0.0547. The Kier molecular flexibility index (Phi) is 3.09. The maximum absolute atomic E-state index is 12.8. The number of aryl methyl sites for hydroxylation is 1. The van der Waals surface area contributed by atoms with Gasteiger partial charge in [-0.15, -0.1) is 0 Å². The topological polar surface area (TPSA) is 46.9 Å². The monoisotopic (exact) mass is 447 g/mol. The maximum Gasteiger partial charge on any atom is 0.259 e. The predicted octanol–water partition coefficient (Wildman–Crippen LogP) is 4.45. The molecule has 4 nitrogen and oxygen atoms in total. The van der Waals surface area contributed by atoms with E-state index in [1.807, 2.05) is 7.05 Å². The molecule has 1 aromatic carbocycles. The first kappa shape index (κ1) is 15.9. The summed E-state index contributed by atoms with van der Waals surface area (Å²) < 4.78 is 2.44. The third-order valence-electron chi connectivity index (χ3n) is 7.10. The predicted molar refractivity (Wildman–Crippen MR) is 106 cm³/mol. The zero-order chi connectivity index (χ0) is 17.6. The van der Waals surface area contributed by atoms with Gasteiger partial charge < -0.3 is 5.32 Å². The normalized spacial score (nSPS) is 31.2. The van der Waals surface area contributed by atoms with Gasteiger partial charge in [0.2, 0.25) is 0 Å². The van der Waals surface area contributed by atoms with Gasteiger partial charge in [-0.1, -0.05) is 26.0 Å². The fraction of sp³-hybridized carbons (Fsp3) is 0.500. The molecule has 0 radical (unpaired) electrons. The van der Waals surface area contributed by atoms with Gasteiger partial charge in [-0.25, -0.2) is 0 Å². The van der Waals surface area contributed by atoms with Gasteiger partial charge in [0.15, 0.2) is 0 Å². The number of benzene rings is 1. The first-order valence-corrected chi connectivity index (χ1v) is 10.1. The Labute approximate surface area is 161 Å². The highest BCUT2D eigenvalue weighted by Crippen LogP contribution is 2.86. The van der Waals surface area contributed by atoms with Crippen LogP contribution in [0.15, 0.2) is 24.4 Å². The summed E-state index contributed by atoms with van der Waals surface area (Å²) in [6, 6.07) is 6.48. The zero-order valence-corrected chi connectivity index (χ0v) is 16.9. The lowest BCUT2D eigenvalue weighted by atomic mass is 9.79. The van der Waals surface area contributed by atoms with Crippen LogP contribution in [0.2, 0.25) is 0 Å². The molecule has 25 heavy (non-hydrogen) atoms. The van der Waals surface area contributed by atoms with Crippen molar-refractivity contribution in [2.24, 2.45) is 18.4 Å². The van der Waals surface area contributed by atoms with Crippen LogP contribution in [0, 0.1) is 15.0 Å². The highest BCUT2D eigenvalue weighted by molar-refractivity contribution is 14.1. The summed E-state index contributed by atoms with van der Waals surface area (Å²) in [5.74, 6) is 1.31. The quantitative estimate of drug-likeness (QED) is 0.707. The molecule has 1 N–H and O–H groups in total. The molecule has 5 heteroatoms. The van der Waals surface area contributed by atoms with E-state index < -0.39 is 0 Å². The summed E-state index contributed by atoms with van der Waals surface area (Å²) >= 11 is 2.12. The van der Waals surface area contributed by atoms with Gasteiger partial charge in [-0.05, 0) is 76.3 Å². The number of hydrogen-bond donors (Lipinski definition) is 1. The molecule has 2 fully saturated rings. The van der Waals surface area contributed by atoms with Crippen LogP contribution >= 0.6 is 22.6 Å². The lowest BCUT2D eigenvalue weighted by Crippen LogP contribution is -2.18. The lowest BCUT2D eigenvalue weighted by Gasteiger charge is -2.26. The van der Waals surface area contributed by atoms with Crippen LogP contribution in [-0.2, 0) is 12.5 Å². The number of nitrogens with one attached hydrogen (secondary N) is 1. The van der Waals surface area contributed by atoms with Gasteiger partial charge in [0.05, 0.1) is 5.56 Å². The van der Waals surface area contributed by atoms with Gasteiger partial charge in [0.25, 0.3) is 5.91 Å². The number of anilines is 1. The van der Waals surface area contributed by atoms with Crippen LogP contribution in [0.1, 0.15) is 60.5 Å². The van der Waals surface area contributed by atoms with E-state index in [0.29, 0.717) is 28.2 Å². The van der Waals surface area contributed by atoms with Crippen molar-refractivity contribution in [3.63, 3.8) is 0 Å². The summed E-state index contributed by atoms with van der Waals surface area (Å²) in [5.41, 5.74) is 5.35. The fourth-order valence-corrected chi connectivity index (χ4v) is 6.95. The van der Waals surface area contributed by atoms with Crippen molar-refractivity contribution in [1.29, 1.82) is 0 Å². The van der Waals surface area contributed by atoms with Crippen molar-refractivity contribution in [3.8, 4) is 0 Å². The van der Waals surface area contributed by atoms with E-state index in [9.17, 15) is 4.79 Å². The van der Waals surface area contributed by atoms with Gasteiger partial charge >= 0.3 is 0 Å². The van der Waals surface area contributed by atoms with Gasteiger partial charge in [-0.3, -0.25) is 9.48 Å². The van der Waals surface area contributed by atoms with E-state index in [2.05, 4.69) is 65.1 Å². The minimum atomic E-state index is -0.0547. The molecule has 5 rings (SSSR count). The maximum atomic E-state index is 12.8. The van der Waals surface area contributed by atoms with Crippen LogP contribution in [0.3, 0.4) is 0 Å². The third-order valence-corrected chi connectivity index (χ3v) is 7.90. The number of fused-ring (bicyclic) bond motifs is 2. The number of carbonyl (C=O) groups is 1.